The minimum absolute atomic E-state index is 0.0375. The summed E-state index contributed by atoms with van der Waals surface area (Å²) in [6.07, 6.45) is 10.6. The Kier molecular flexibility index (Phi) is 3.24. The van der Waals surface area contributed by atoms with E-state index in [1.165, 1.54) is 12.8 Å². The molecule has 1 heterocycles. The highest BCUT2D eigenvalue weighted by atomic mass is 16.6. The summed E-state index contributed by atoms with van der Waals surface area (Å²) >= 11 is 0. The summed E-state index contributed by atoms with van der Waals surface area (Å²) in [5.74, 6) is 4.53. The molecular formula is C22H28O4. The van der Waals surface area contributed by atoms with Crippen LogP contribution in [-0.2, 0) is 19.1 Å². The van der Waals surface area contributed by atoms with Crippen molar-refractivity contribution in [3.8, 4) is 0 Å². The van der Waals surface area contributed by atoms with Gasteiger partial charge in [-0.3, -0.25) is 9.59 Å². The third-order valence-electron chi connectivity index (χ3n) is 9.09. The average Bonchev–Trinajstić information content (AvgIpc) is 3.40. The average molecular weight is 356 g/mol. The lowest BCUT2D eigenvalue weighted by Crippen LogP contribution is -2.40. The van der Waals surface area contributed by atoms with Crippen LogP contribution in [0, 0.1) is 59.2 Å². The number of fused-ring (bicyclic) bond motifs is 10. The van der Waals surface area contributed by atoms with Gasteiger partial charge in [0.15, 0.2) is 0 Å². The molecule has 0 aromatic carbocycles. The Morgan fingerprint density at radius 3 is 2.69 bits per heavy atom. The summed E-state index contributed by atoms with van der Waals surface area (Å²) in [5.41, 5.74) is 0. The Morgan fingerprint density at radius 1 is 1.12 bits per heavy atom. The molecule has 8 unspecified atom stereocenters. The first-order chi connectivity index (χ1) is 12.6. The molecule has 26 heavy (non-hydrogen) atoms. The second-order valence-electron chi connectivity index (χ2n) is 9.86. The first kappa shape index (κ1) is 15.7. The zero-order chi connectivity index (χ0) is 17.6. The van der Waals surface area contributed by atoms with Crippen molar-refractivity contribution in [2.45, 2.75) is 45.1 Å². The Balaban J connectivity index is 1.15. The van der Waals surface area contributed by atoms with E-state index in [-0.39, 0.29) is 42.4 Å². The van der Waals surface area contributed by atoms with E-state index in [0.717, 1.165) is 31.1 Å². The fourth-order valence-electron chi connectivity index (χ4n) is 8.16. The Morgan fingerprint density at radius 2 is 1.88 bits per heavy atom. The molecule has 1 saturated heterocycles. The van der Waals surface area contributed by atoms with Crippen molar-refractivity contribution in [2.24, 2.45) is 59.2 Å². The van der Waals surface area contributed by atoms with E-state index in [2.05, 4.69) is 19.1 Å². The van der Waals surface area contributed by atoms with Crippen LogP contribution < -0.4 is 0 Å². The molecule has 0 aromatic heterocycles. The topological polar surface area (TPSA) is 52.6 Å². The predicted octanol–water partition coefficient (Wildman–Crippen LogP) is 3.21. The number of carbonyl (C=O) groups is 2. The smallest absolute Gasteiger partial charge is 0.313 e. The Bertz CT molecular complexity index is 684. The van der Waals surface area contributed by atoms with Crippen molar-refractivity contribution >= 4 is 11.9 Å². The van der Waals surface area contributed by atoms with Gasteiger partial charge in [0.2, 0.25) is 0 Å². The molecule has 1 aliphatic heterocycles. The Hall–Kier alpha value is -1.32. The SMILES string of the molecule is CC1C2CC(C1C(=O)OC[C@@H]1C(=O)O[C@@H]3CCC[C@H]13)C1C3C=CC(C3)C21. The second kappa shape index (κ2) is 5.36. The summed E-state index contributed by atoms with van der Waals surface area (Å²) in [4.78, 5) is 25.1. The van der Waals surface area contributed by atoms with Gasteiger partial charge in [0.05, 0.1) is 11.8 Å². The van der Waals surface area contributed by atoms with Crippen LogP contribution >= 0.6 is 0 Å². The van der Waals surface area contributed by atoms with Crippen LogP contribution in [0.2, 0.25) is 0 Å². The summed E-state index contributed by atoms with van der Waals surface area (Å²) in [6, 6.07) is 0. The first-order valence-electron chi connectivity index (χ1n) is 10.7. The van der Waals surface area contributed by atoms with Gasteiger partial charge >= 0.3 is 11.9 Å². The maximum absolute atomic E-state index is 13.0. The minimum Gasteiger partial charge on any atom is -0.465 e. The standard InChI is InChI=1S/C22H28O4/c1-10-14-8-15(20-12-6-5-11(7-12)19(14)20)18(10)22(24)25-9-16-13-3-2-4-17(13)26-21(16)23/h5-6,10-20H,2-4,7-9H2,1H3/t10?,11?,12?,13-,14?,15?,16+,17-,18?,19?,20?/m1/s1. The molecule has 4 bridgehead atoms. The molecule has 0 N–H and O–H groups in total. The van der Waals surface area contributed by atoms with E-state index < -0.39 is 0 Å². The van der Waals surface area contributed by atoms with E-state index in [1.807, 2.05) is 0 Å². The van der Waals surface area contributed by atoms with Crippen molar-refractivity contribution in [3.05, 3.63) is 12.2 Å². The van der Waals surface area contributed by atoms with Crippen LogP contribution in [0.5, 0.6) is 0 Å². The zero-order valence-electron chi connectivity index (χ0n) is 15.4. The quantitative estimate of drug-likeness (QED) is 0.443. The molecule has 5 aliphatic carbocycles. The van der Waals surface area contributed by atoms with Crippen LogP contribution in [0.1, 0.15) is 39.0 Å². The molecule has 0 radical (unpaired) electrons. The molecule has 6 rings (SSSR count). The number of esters is 2. The summed E-state index contributed by atoms with van der Waals surface area (Å²) in [6.45, 7) is 2.50. The van der Waals surface area contributed by atoms with Gasteiger partial charge in [-0.1, -0.05) is 19.1 Å². The van der Waals surface area contributed by atoms with Crippen molar-refractivity contribution in [1.82, 2.24) is 0 Å². The number of ether oxygens (including phenoxy) is 2. The molecule has 0 amide bonds. The number of carbonyl (C=O) groups excluding carboxylic acids is 2. The largest absolute Gasteiger partial charge is 0.465 e. The van der Waals surface area contributed by atoms with Crippen molar-refractivity contribution in [3.63, 3.8) is 0 Å². The van der Waals surface area contributed by atoms with Crippen LogP contribution in [0.4, 0.5) is 0 Å². The van der Waals surface area contributed by atoms with Crippen LogP contribution in [0.15, 0.2) is 12.2 Å². The minimum atomic E-state index is -0.224. The van der Waals surface area contributed by atoms with Crippen molar-refractivity contribution in [1.29, 1.82) is 0 Å². The zero-order valence-corrected chi connectivity index (χ0v) is 15.4. The molecule has 6 aliphatic rings. The fourth-order valence-corrected chi connectivity index (χ4v) is 8.16. The molecule has 4 heteroatoms. The lowest BCUT2D eigenvalue weighted by molar-refractivity contribution is -0.158. The lowest BCUT2D eigenvalue weighted by atomic mass is 9.65. The van der Waals surface area contributed by atoms with E-state index in [4.69, 9.17) is 9.47 Å². The van der Waals surface area contributed by atoms with Gasteiger partial charge in [-0.25, -0.2) is 0 Å². The van der Waals surface area contributed by atoms with E-state index >= 15 is 0 Å². The number of hydrogen-bond acceptors (Lipinski definition) is 4. The van der Waals surface area contributed by atoms with Crippen LogP contribution in [-0.4, -0.2) is 24.6 Å². The van der Waals surface area contributed by atoms with Gasteiger partial charge in [-0.05, 0) is 73.5 Å². The van der Waals surface area contributed by atoms with E-state index in [0.29, 0.717) is 29.6 Å². The highest BCUT2D eigenvalue weighted by Crippen LogP contribution is 2.68. The highest BCUT2D eigenvalue weighted by Gasteiger charge is 2.65. The third kappa shape index (κ3) is 1.91. The monoisotopic (exact) mass is 356 g/mol. The summed E-state index contributed by atoms with van der Waals surface area (Å²) in [5, 5.41) is 0. The summed E-state index contributed by atoms with van der Waals surface area (Å²) in [7, 11) is 0. The normalized spacial score (nSPS) is 55.3. The van der Waals surface area contributed by atoms with Gasteiger partial charge < -0.3 is 9.47 Å². The number of allylic oxidation sites excluding steroid dienone is 2. The van der Waals surface area contributed by atoms with Gasteiger partial charge in [0.25, 0.3) is 0 Å². The lowest BCUT2D eigenvalue weighted by Gasteiger charge is -2.39. The predicted molar refractivity (Wildman–Crippen MR) is 93.6 cm³/mol. The second-order valence-corrected chi connectivity index (χ2v) is 9.86. The Labute approximate surface area is 154 Å². The molecule has 140 valence electrons. The van der Waals surface area contributed by atoms with Crippen LogP contribution in [0.3, 0.4) is 0 Å². The third-order valence-corrected chi connectivity index (χ3v) is 9.09. The molecule has 0 spiro atoms. The van der Waals surface area contributed by atoms with Crippen molar-refractivity contribution in [2.75, 3.05) is 6.61 Å². The maximum atomic E-state index is 13.0. The fraction of sp³-hybridized carbons (Fsp3) is 0.818. The first-order valence-corrected chi connectivity index (χ1v) is 10.7. The van der Waals surface area contributed by atoms with Crippen molar-refractivity contribution < 1.29 is 19.1 Å². The molecule has 4 nitrogen and oxygen atoms in total. The molecule has 0 aromatic rings. The maximum Gasteiger partial charge on any atom is 0.313 e. The van der Waals surface area contributed by atoms with Gasteiger partial charge in [-0.2, -0.15) is 0 Å². The van der Waals surface area contributed by atoms with E-state index in [9.17, 15) is 9.59 Å². The molecule has 11 atom stereocenters. The molecule has 5 fully saturated rings. The summed E-state index contributed by atoms with van der Waals surface area (Å²) < 4.78 is 11.3. The van der Waals surface area contributed by atoms with E-state index in [1.54, 1.807) is 0 Å². The number of rotatable bonds is 3. The van der Waals surface area contributed by atoms with Gasteiger partial charge in [-0.15, -0.1) is 0 Å². The van der Waals surface area contributed by atoms with Gasteiger partial charge in [0.1, 0.15) is 12.7 Å². The molecular weight excluding hydrogens is 328 g/mol. The van der Waals surface area contributed by atoms with Gasteiger partial charge in [0, 0.05) is 5.92 Å². The number of hydrogen-bond donors (Lipinski definition) is 0. The highest BCUT2D eigenvalue weighted by molar-refractivity contribution is 5.77. The van der Waals surface area contributed by atoms with Crippen LogP contribution in [0.25, 0.3) is 0 Å². The molecule has 4 saturated carbocycles.